The van der Waals surface area contributed by atoms with Gasteiger partial charge in [0.2, 0.25) is 0 Å². The summed E-state index contributed by atoms with van der Waals surface area (Å²) in [4.78, 5) is 17.3. The average molecular weight is 420 g/mol. The van der Waals surface area contributed by atoms with Gasteiger partial charge in [-0.05, 0) is 34.0 Å². The van der Waals surface area contributed by atoms with Gasteiger partial charge < -0.3 is 4.90 Å². The lowest BCUT2D eigenvalue weighted by molar-refractivity contribution is 0.106. The van der Waals surface area contributed by atoms with E-state index in [2.05, 4.69) is 46.7 Å². The summed E-state index contributed by atoms with van der Waals surface area (Å²) in [5.74, 6) is 0.203. The van der Waals surface area contributed by atoms with E-state index < -0.39 is 0 Å². The predicted molar refractivity (Wildman–Crippen MR) is 103 cm³/mol. The van der Waals surface area contributed by atoms with Crippen molar-refractivity contribution in [3.05, 3.63) is 46.3 Å². The molecule has 3 fully saturated rings. The lowest BCUT2D eigenvalue weighted by Crippen LogP contribution is -2.69. The zero-order valence-corrected chi connectivity index (χ0v) is 16.9. The van der Waals surface area contributed by atoms with E-state index in [0.717, 1.165) is 30.5 Å². The Balaban J connectivity index is 1.50. The second kappa shape index (κ2) is 6.53. The Labute approximate surface area is 161 Å². The highest BCUT2D eigenvalue weighted by molar-refractivity contribution is 9.10. The van der Waals surface area contributed by atoms with Crippen LogP contribution in [0.25, 0.3) is 0 Å². The molecule has 3 saturated heterocycles. The zero-order valence-electron chi connectivity index (χ0n) is 15.3. The van der Waals surface area contributed by atoms with E-state index in [0.29, 0.717) is 23.6 Å². The zero-order chi connectivity index (χ0) is 18.5. The Hall–Kier alpha value is -1.60. The Morgan fingerprint density at radius 3 is 2.58 bits per heavy atom. The number of halogens is 2. The fraction of sp³-hybridized carbons (Fsp3) is 0.526. The molecule has 0 aromatic carbocycles. The molecule has 2 bridgehead atoms. The molecule has 26 heavy (non-hydrogen) atoms. The molecule has 0 aliphatic carbocycles. The van der Waals surface area contributed by atoms with Crippen LogP contribution in [0.3, 0.4) is 0 Å². The fourth-order valence-corrected chi connectivity index (χ4v) is 4.45. The molecule has 2 aromatic rings. The summed E-state index contributed by atoms with van der Waals surface area (Å²) in [6.45, 7) is 8.63. The first-order valence-electron chi connectivity index (χ1n) is 8.94. The van der Waals surface area contributed by atoms with Crippen molar-refractivity contribution in [2.24, 2.45) is 0 Å². The predicted octanol–water partition coefficient (Wildman–Crippen LogP) is 3.53. The van der Waals surface area contributed by atoms with E-state index >= 15 is 4.39 Å². The van der Waals surface area contributed by atoms with Gasteiger partial charge in [-0.25, -0.2) is 14.4 Å². The van der Waals surface area contributed by atoms with Crippen molar-refractivity contribution in [1.29, 1.82) is 0 Å². The van der Waals surface area contributed by atoms with Gasteiger partial charge >= 0.3 is 0 Å². The highest BCUT2D eigenvalue weighted by Crippen LogP contribution is 2.39. The van der Waals surface area contributed by atoms with E-state index in [1.54, 1.807) is 6.20 Å². The van der Waals surface area contributed by atoms with Crippen LogP contribution in [0.4, 0.5) is 10.2 Å². The topological polar surface area (TPSA) is 45.2 Å². The van der Waals surface area contributed by atoms with Gasteiger partial charge in [-0.3, -0.25) is 9.88 Å². The molecule has 0 N–H and O–H groups in total. The molecule has 0 saturated carbocycles. The van der Waals surface area contributed by atoms with Crippen LogP contribution >= 0.6 is 15.9 Å². The molecule has 7 heteroatoms. The summed E-state index contributed by atoms with van der Waals surface area (Å²) in [6, 6.07) is 2.72. The van der Waals surface area contributed by atoms with Crippen LogP contribution in [-0.2, 0) is 12.0 Å². The first kappa shape index (κ1) is 17.8. The summed E-state index contributed by atoms with van der Waals surface area (Å²) in [7, 11) is 0. The molecule has 138 valence electrons. The normalized spacial score (nSPS) is 23.0. The molecule has 3 aliphatic heterocycles. The number of fused-ring (bicyclic) bond motifs is 2. The molecular weight excluding hydrogens is 397 g/mol. The minimum atomic E-state index is -0.332. The van der Waals surface area contributed by atoms with Gasteiger partial charge in [0.05, 0.1) is 5.69 Å². The first-order valence-corrected chi connectivity index (χ1v) is 9.73. The van der Waals surface area contributed by atoms with Gasteiger partial charge in [0, 0.05) is 54.0 Å². The summed E-state index contributed by atoms with van der Waals surface area (Å²) >= 11 is 3.47. The molecule has 2 aromatic heterocycles. The van der Waals surface area contributed by atoms with E-state index in [9.17, 15) is 0 Å². The largest absolute Gasteiger partial charge is 0.345 e. The number of hydrogen-bond donors (Lipinski definition) is 0. The van der Waals surface area contributed by atoms with Gasteiger partial charge in [0.15, 0.2) is 11.6 Å². The third kappa shape index (κ3) is 3.22. The molecular formula is C19H23BrFN5. The van der Waals surface area contributed by atoms with Crippen molar-refractivity contribution in [2.45, 2.75) is 51.2 Å². The molecule has 5 rings (SSSR count). The molecule has 0 amide bonds. The number of anilines is 1. The van der Waals surface area contributed by atoms with Gasteiger partial charge in [0.1, 0.15) is 6.33 Å². The quantitative estimate of drug-likeness (QED) is 0.760. The highest BCUT2D eigenvalue weighted by atomic mass is 79.9. The second-order valence-electron chi connectivity index (χ2n) is 8.27. The maximum Gasteiger partial charge on any atom is 0.187 e. The lowest BCUT2D eigenvalue weighted by atomic mass is 9.86. The third-order valence-electron chi connectivity index (χ3n) is 5.16. The molecule has 2 atom stereocenters. The van der Waals surface area contributed by atoms with Crippen molar-refractivity contribution in [3.8, 4) is 0 Å². The standard InChI is InChI=1S/C19H23BrFN5/c1-19(2,3)17-16(21)18(24-11-23-17)26-14-5-15(26)10-25(9-14)8-12-4-13(20)7-22-6-12/h4,6-7,11,14-15H,5,8-10H2,1-3H3. The van der Waals surface area contributed by atoms with E-state index in [4.69, 9.17) is 0 Å². The molecule has 5 nitrogen and oxygen atoms in total. The number of hydrogen-bond acceptors (Lipinski definition) is 5. The van der Waals surface area contributed by atoms with Crippen molar-refractivity contribution in [3.63, 3.8) is 0 Å². The van der Waals surface area contributed by atoms with Crippen LogP contribution < -0.4 is 4.90 Å². The van der Waals surface area contributed by atoms with Crippen LogP contribution in [0, 0.1) is 5.82 Å². The van der Waals surface area contributed by atoms with E-state index in [1.807, 2.05) is 27.0 Å². The summed E-state index contributed by atoms with van der Waals surface area (Å²) in [5, 5.41) is 0. The van der Waals surface area contributed by atoms with Gasteiger partial charge in [-0.2, -0.15) is 0 Å². The van der Waals surface area contributed by atoms with Crippen LogP contribution in [0.1, 0.15) is 38.4 Å². The number of piperidine rings is 1. The number of nitrogens with zero attached hydrogens (tertiary/aromatic N) is 5. The van der Waals surface area contributed by atoms with Crippen LogP contribution in [0.15, 0.2) is 29.3 Å². The lowest BCUT2D eigenvalue weighted by Gasteiger charge is -2.57. The van der Waals surface area contributed by atoms with Crippen LogP contribution in [0.2, 0.25) is 0 Å². The molecule has 3 aliphatic rings. The number of piperazine rings is 1. The first-order chi connectivity index (χ1) is 12.3. The summed E-state index contributed by atoms with van der Waals surface area (Å²) in [5.41, 5.74) is 1.35. The Kier molecular flexibility index (Phi) is 4.47. The van der Waals surface area contributed by atoms with Crippen LogP contribution in [-0.4, -0.2) is 45.0 Å². The van der Waals surface area contributed by atoms with Crippen molar-refractivity contribution < 1.29 is 4.39 Å². The number of aromatic nitrogens is 3. The van der Waals surface area contributed by atoms with Crippen molar-refractivity contribution in [1.82, 2.24) is 19.9 Å². The Bertz CT molecular complexity index is 810. The third-order valence-corrected chi connectivity index (χ3v) is 5.60. The van der Waals surface area contributed by atoms with E-state index in [1.165, 1.54) is 11.9 Å². The SMILES string of the molecule is CC(C)(C)c1ncnc(N2C3CC2CN(Cc2cncc(Br)c2)C3)c1F. The molecule has 2 unspecified atom stereocenters. The maximum absolute atomic E-state index is 15.0. The summed E-state index contributed by atoms with van der Waals surface area (Å²) in [6.07, 6.45) is 6.30. The van der Waals surface area contributed by atoms with E-state index in [-0.39, 0.29) is 11.2 Å². The minimum Gasteiger partial charge on any atom is -0.345 e. The van der Waals surface area contributed by atoms with Gasteiger partial charge in [0.25, 0.3) is 0 Å². The highest BCUT2D eigenvalue weighted by Gasteiger charge is 2.46. The fourth-order valence-electron chi connectivity index (χ4n) is 4.04. The van der Waals surface area contributed by atoms with Crippen molar-refractivity contribution in [2.75, 3.05) is 18.0 Å². The minimum absolute atomic E-state index is 0.265. The summed E-state index contributed by atoms with van der Waals surface area (Å²) < 4.78 is 16.0. The Morgan fingerprint density at radius 1 is 1.19 bits per heavy atom. The van der Waals surface area contributed by atoms with Crippen molar-refractivity contribution >= 4 is 21.7 Å². The molecule has 0 spiro atoms. The molecule has 0 radical (unpaired) electrons. The average Bonchev–Trinajstić information content (AvgIpc) is 2.55. The van der Waals surface area contributed by atoms with Gasteiger partial charge in [-0.15, -0.1) is 0 Å². The second-order valence-corrected chi connectivity index (χ2v) is 9.18. The Morgan fingerprint density at radius 2 is 1.92 bits per heavy atom. The van der Waals surface area contributed by atoms with Gasteiger partial charge in [-0.1, -0.05) is 20.8 Å². The smallest absolute Gasteiger partial charge is 0.187 e. The van der Waals surface area contributed by atoms with Crippen LogP contribution in [0.5, 0.6) is 0 Å². The maximum atomic E-state index is 15.0. The number of rotatable bonds is 3. The molecule has 5 heterocycles. The monoisotopic (exact) mass is 419 g/mol. The number of pyridine rings is 1.